The van der Waals surface area contributed by atoms with E-state index in [1.165, 1.54) is 17.5 Å². The number of nitrogens with one attached hydrogen (secondary N) is 1. The van der Waals surface area contributed by atoms with E-state index in [-0.39, 0.29) is 12.1 Å². The van der Waals surface area contributed by atoms with E-state index >= 15 is 0 Å². The van der Waals surface area contributed by atoms with E-state index in [0.717, 1.165) is 24.3 Å². The SMILES string of the molecule is N#CCc1ccc2c(c1)[C@H]1OCCC[C@H]1[C@H](c1ccccc1)N2. The molecule has 0 amide bonds. The number of anilines is 1. The third-order valence-electron chi connectivity index (χ3n) is 4.97. The van der Waals surface area contributed by atoms with Gasteiger partial charge in [0, 0.05) is 23.8 Å². The first-order valence-corrected chi connectivity index (χ1v) is 8.29. The van der Waals surface area contributed by atoms with Gasteiger partial charge in [0.15, 0.2) is 0 Å². The van der Waals surface area contributed by atoms with Gasteiger partial charge in [-0.1, -0.05) is 42.5 Å². The van der Waals surface area contributed by atoms with Crippen molar-refractivity contribution in [2.75, 3.05) is 11.9 Å². The van der Waals surface area contributed by atoms with Crippen LogP contribution in [0, 0.1) is 17.2 Å². The fraction of sp³-hybridized carbons (Fsp3) is 0.350. The lowest BCUT2D eigenvalue weighted by molar-refractivity contribution is -0.0381. The highest BCUT2D eigenvalue weighted by Gasteiger charge is 2.39. The number of nitriles is 1. The van der Waals surface area contributed by atoms with Crippen molar-refractivity contribution in [2.24, 2.45) is 5.92 Å². The Labute approximate surface area is 136 Å². The summed E-state index contributed by atoms with van der Waals surface area (Å²) in [6.45, 7) is 0.824. The van der Waals surface area contributed by atoms with Crippen LogP contribution in [-0.2, 0) is 11.2 Å². The average Bonchev–Trinajstić information content (AvgIpc) is 2.62. The van der Waals surface area contributed by atoms with E-state index in [0.29, 0.717) is 12.3 Å². The van der Waals surface area contributed by atoms with Gasteiger partial charge in [-0.25, -0.2) is 0 Å². The van der Waals surface area contributed by atoms with Gasteiger partial charge in [0.25, 0.3) is 0 Å². The zero-order valence-electron chi connectivity index (χ0n) is 13.0. The molecule has 0 spiro atoms. The second-order valence-corrected chi connectivity index (χ2v) is 6.39. The van der Waals surface area contributed by atoms with Crippen molar-refractivity contribution in [3.8, 4) is 6.07 Å². The van der Waals surface area contributed by atoms with Gasteiger partial charge in [-0.15, -0.1) is 0 Å². The monoisotopic (exact) mass is 304 g/mol. The molecule has 1 N–H and O–H groups in total. The van der Waals surface area contributed by atoms with Crippen molar-refractivity contribution >= 4 is 5.69 Å². The summed E-state index contributed by atoms with van der Waals surface area (Å²) >= 11 is 0. The Kier molecular flexibility index (Phi) is 3.77. The summed E-state index contributed by atoms with van der Waals surface area (Å²) in [6, 6.07) is 19.5. The quantitative estimate of drug-likeness (QED) is 0.895. The minimum absolute atomic E-state index is 0.129. The lowest BCUT2D eigenvalue weighted by atomic mass is 9.77. The van der Waals surface area contributed by atoms with Gasteiger partial charge < -0.3 is 10.1 Å². The predicted octanol–water partition coefficient (Wildman–Crippen LogP) is 4.39. The topological polar surface area (TPSA) is 45.0 Å². The van der Waals surface area contributed by atoms with Crippen molar-refractivity contribution in [3.05, 3.63) is 65.2 Å². The molecule has 2 aromatic rings. The Bertz CT molecular complexity index is 735. The summed E-state index contributed by atoms with van der Waals surface area (Å²) in [7, 11) is 0. The van der Waals surface area contributed by atoms with E-state index in [2.05, 4.69) is 53.9 Å². The maximum absolute atomic E-state index is 8.95. The molecular weight excluding hydrogens is 284 g/mol. The first-order valence-electron chi connectivity index (χ1n) is 8.29. The van der Waals surface area contributed by atoms with Gasteiger partial charge in [-0.05, 0) is 30.0 Å². The lowest BCUT2D eigenvalue weighted by Crippen LogP contribution is -2.36. The summed E-state index contributed by atoms with van der Waals surface area (Å²) < 4.78 is 6.17. The van der Waals surface area contributed by atoms with E-state index in [4.69, 9.17) is 10.00 Å². The molecule has 2 aliphatic heterocycles. The smallest absolute Gasteiger partial charge is 0.0895 e. The number of benzene rings is 2. The number of hydrogen-bond acceptors (Lipinski definition) is 3. The van der Waals surface area contributed by atoms with E-state index in [9.17, 15) is 0 Å². The molecule has 2 heterocycles. The molecule has 3 nitrogen and oxygen atoms in total. The van der Waals surface area contributed by atoms with Gasteiger partial charge in [-0.2, -0.15) is 5.26 Å². The maximum Gasteiger partial charge on any atom is 0.0895 e. The molecule has 1 saturated heterocycles. The lowest BCUT2D eigenvalue weighted by Gasteiger charge is -2.43. The minimum atomic E-state index is 0.129. The van der Waals surface area contributed by atoms with E-state index < -0.39 is 0 Å². The third-order valence-corrected chi connectivity index (χ3v) is 4.97. The van der Waals surface area contributed by atoms with E-state index in [1.54, 1.807) is 0 Å². The normalized spacial score (nSPS) is 25.6. The molecule has 2 aromatic carbocycles. The van der Waals surface area contributed by atoms with E-state index in [1.807, 2.05) is 6.07 Å². The Balaban J connectivity index is 1.75. The molecule has 116 valence electrons. The van der Waals surface area contributed by atoms with Crippen molar-refractivity contribution in [1.82, 2.24) is 0 Å². The number of fused-ring (bicyclic) bond motifs is 3. The molecule has 2 aliphatic rings. The number of hydrogen-bond donors (Lipinski definition) is 1. The molecule has 0 radical (unpaired) electrons. The molecule has 0 bridgehead atoms. The van der Waals surface area contributed by atoms with Gasteiger partial charge in [0.05, 0.1) is 24.6 Å². The second kappa shape index (κ2) is 6.06. The fourth-order valence-corrected chi connectivity index (χ4v) is 3.91. The number of nitrogens with zero attached hydrogens (tertiary/aromatic N) is 1. The predicted molar refractivity (Wildman–Crippen MR) is 90.0 cm³/mol. The fourth-order valence-electron chi connectivity index (χ4n) is 3.91. The summed E-state index contributed by atoms with van der Waals surface area (Å²) in [5.41, 5.74) is 4.75. The van der Waals surface area contributed by atoms with Gasteiger partial charge in [-0.3, -0.25) is 0 Å². The van der Waals surface area contributed by atoms with Crippen molar-refractivity contribution < 1.29 is 4.74 Å². The van der Waals surface area contributed by atoms with Crippen LogP contribution in [0.5, 0.6) is 0 Å². The summed E-state index contributed by atoms with van der Waals surface area (Å²) in [5.74, 6) is 0.441. The highest BCUT2D eigenvalue weighted by molar-refractivity contribution is 5.58. The number of rotatable bonds is 2. The zero-order chi connectivity index (χ0) is 15.6. The van der Waals surface area contributed by atoms with Crippen molar-refractivity contribution in [3.63, 3.8) is 0 Å². The molecular formula is C20H20N2O. The first kappa shape index (κ1) is 14.3. The van der Waals surface area contributed by atoms with Crippen LogP contribution < -0.4 is 5.32 Å². The second-order valence-electron chi connectivity index (χ2n) is 6.39. The number of ether oxygens (including phenoxy) is 1. The molecule has 0 unspecified atom stereocenters. The van der Waals surface area contributed by atoms with Crippen molar-refractivity contribution in [2.45, 2.75) is 31.4 Å². The standard InChI is InChI=1S/C20H20N2O/c21-11-10-14-8-9-18-17(13-14)20-16(7-4-12-23-20)19(22-18)15-5-2-1-3-6-15/h1-3,5-6,8-9,13,16,19-20,22H,4,7,10,12H2/t16-,19-,20-/m0/s1. The Morgan fingerprint density at radius 1 is 1.17 bits per heavy atom. The molecule has 1 fully saturated rings. The molecule has 0 aliphatic carbocycles. The Morgan fingerprint density at radius 3 is 2.87 bits per heavy atom. The minimum Gasteiger partial charge on any atom is -0.378 e. The van der Waals surface area contributed by atoms with Crippen LogP contribution in [0.2, 0.25) is 0 Å². The Hall–Kier alpha value is -2.31. The third kappa shape index (κ3) is 2.60. The highest BCUT2D eigenvalue weighted by Crippen LogP contribution is 2.49. The van der Waals surface area contributed by atoms with Crippen LogP contribution in [0.1, 0.15) is 41.7 Å². The van der Waals surface area contributed by atoms with Gasteiger partial charge >= 0.3 is 0 Å². The summed E-state index contributed by atoms with van der Waals surface area (Å²) in [6.07, 6.45) is 2.86. The molecule has 3 heteroatoms. The highest BCUT2D eigenvalue weighted by atomic mass is 16.5. The molecule has 23 heavy (non-hydrogen) atoms. The zero-order valence-corrected chi connectivity index (χ0v) is 13.0. The molecule has 4 rings (SSSR count). The van der Waals surface area contributed by atoms with Crippen LogP contribution in [0.4, 0.5) is 5.69 Å². The van der Waals surface area contributed by atoms with Gasteiger partial charge in [0.1, 0.15) is 0 Å². The summed E-state index contributed by atoms with van der Waals surface area (Å²) in [4.78, 5) is 0. The van der Waals surface area contributed by atoms with Crippen LogP contribution in [0.15, 0.2) is 48.5 Å². The van der Waals surface area contributed by atoms with Crippen molar-refractivity contribution in [1.29, 1.82) is 5.26 Å². The maximum atomic E-state index is 8.95. The average molecular weight is 304 g/mol. The first-order chi connectivity index (χ1) is 11.4. The molecule has 0 aromatic heterocycles. The van der Waals surface area contributed by atoms with Crippen LogP contribution in [0.3, 0.4) is 0 Å². The molecule has 0 saturated carbocycles. The van der Waals surface area contributed by atoms with Gasteiger partial charge in [0.2, 0.25) is 0 Å². The summed E-state index contributed by atoms with van der Waals surface area (Å²) in [5, 5.41) is 12.7. The molecule has 3 atom stereocenters. The van der Waals surface area contributed by atoms with Crippen LogP contribution in [-0.4, -0.2) is 6.61 Å². The van der Waals surface area contributed by atoms with Crippen LogP contribution >= 0.6 is 0 Å². The largest absolute Gasteiger partial charge is 0.378 e. The van der Waals surface area contributed by atoms with Crippen LogP contribution in [0.25, 0.3) is 0 Å². The Morgan fingerprint density at radius 2 is 2.04 bits per heavy atom.